The van der Waals surface area contributed by atoms with Crippen LogP contribution in [0.5, 0.6) is 11.5 Å². The van der Waals surface area contributed by atoms with Gasteiger partial charge in [-0.25, -0.2) is 0 Å². The molecule has 0 aliphatic heterocycles. The lowest BCUT2D eigenvalue weighted by molar-refractivity contribution is 0.381. The molecule has 10 heteroatoms. The van der Waals surface area contributed by atoms with Crippen LogP contribution in [-0.4, -0.2) is 25.2 Å². The van der Waals surface area contributed by atoms with Crippen LogP contribution in [0.1, 0.15) is 0 Å². The molecule has 2 rings (SSSR count). The molecule has 0 bridgehead atoms. The summed E-state index contributed by atoms with van der Waals surface area (Å²) in [6.45, 7) is 0. The minimum absolute atomic E-state index is 0.118. The minimum Gasteiger partial charge on any atom is -0.528 e. The minimum atomic E-state index is -4.67. The van der Waals surface area contributed by atoms with Crippen LogP contribution < -0.4 is 20.8 Å². The average Bonchev–Trinajstić information content (AvgIpc) is 2.37. The molecule has 0 aliphatic rings. The van der Waals surface area contributed by atoms with Gasteiger partial charge in [0.2, 0.25) is 0 Å². The van der Waals surface area contributed by atoms with Crippen LogP contribution in [0.15, 0.2) is 48.5 Å². The number of anilines is 2. The fourth-order valence-electron chi connectivity index (χ4n) is 1.37. The molecule has 0 aromatic heterocycles. The van der Waals surface area contributed by atoms with Crippen molar-refractivity contribution in [2.75, 3.05) is 11.5 Å². The molecular formula is C12H15BN2O6S. The summed E-state index contributed by atoms with van der Waals surface area (Å²) in [5, 5.41) is 0. The lowest BCUT2D eigenvalue weighted by Gasteiger charge is -2.08. The number of benzene rings is 2. The molecular weight excluding hydrogens is 311 g/mol. The molecule has 8 nitrogen and oxygen atoms in total. The highest BCUT2D eigenvalue weighted by Gasteiger charge is 2.00. The van der Waals surface area contributed by atoms with Crippen molar-refractivity contribution in [3.05, 3.63) is 48.5 Å². The van der Waals surface area contributed by atoms with Crippen molar-refractivity contribution >= 4 is 29.5 Å². The van der Waals surface area contributed by atoms with Crippen molar-refractivity contribution in [2.24, 2.45) is 0 Å². The third kappa shape index (κ3) is 8.69. The van der Waals surface area contributed by atoms with E-state index in [1.807, 2.05) is 24.3 Å². The molecule has 0 spiro atoms. The zero-order valence-corrected chi connectivity index (χ0v) is 12.2. The Hall–Kier alpha value is -2.43. The van der Waals surface area contributed by atoms with Gasteiger partial charge in [-0.1, -0.05) is 12.1 Å². The molecule has 0 amide bonds. The number of hydrogen-bond acceptors (Lipinski definition) is 6. The number of hydrogen-bond donors (Lipinski definition) is 4. The number of rotatable bonds is 4. The van der Waals surface area contributed by atoms with Gasteiger partial charge in [-0.3, -0.25) is 9.11 Å². The summed E-state index contributed by atoms with van der Waals surface area (Å²) in [6, 6.07) is 14.4. The second-order valence-corrected chi connectivity index (χ2v) is 4.90. The Morgan fingerprint density at radius 3 is 1.55 bits per heavy atom. The van der Waals surface area contributed by atoms with Gasteiger partial charge < -0.3 is 20.8 Å². The Morgan fingerprint density at radius 2 is 1.23 bits per heavy atom. The Morgan fingerprint density at radius 1 is 0.864 bits per heavy atom. The van der Waals surface area contributed by atoms with E-state index >= 15 is 0 Å². The summed E-state index contributed by atoms with van der Waals surface area (Å²) in [6.07, 6.45) is 0. The van der Waals surface area contributed by atoms with Crippen LogP contribution in [0.3, 0.4) is 0 Å². The third-order valence-electron chi connectivity index (χ3n) is 2.17. The number of nitrogen functional groups attached to an aromatic ring is 2. The van der Waals surface area contributed by atoms with Crippen LogP contribution in [0.4, 0.5) is 11.4 Å². The van der Waals surface area contributed by atoms with Crippen molar-refractivity contribution in [3.63, 3.8) is 0 Å². The van der Waals surface area contributed by atoms with E-state index in [0.717, 1.165) is 0 Å². The Balaban J connectivity index is 0.000000422. The highest BCUT2D eigenvalue weighted by Crippen LogP contribution is 2.16. The second kappa shape index (κ2) is 8.12. The Kier molecular flexibility index (Phi) is 6.51. The molecule has 0 radical (unpaired) electrons. The fourth-order valence-corrected chi connectivity index (χ4v) is 1.37. The highest BCUT2D eigenvalue weighted by molar-refractivity contribution is 7.79. The van der Waals surface area contributed by atoms with Gasteiger partial charge in [0.15, 0.2) is 0 Å². The monoisotopic (exact) mass is 326 g/mol. The summed E-state index contributed by atoms with van der Waals surface area (Å²) in [7, 11) is -4.55. The lowest BCUT2D eigenvalue weighted by Crippen LogP contribution is -2.11. The molecule has 0 heterocycles. The SMILES string of the molecule is Nc1cccc(OBOc2cccc(N)c2)c1.O=S(=O)(O)O. The van der Waals surface area contributed by atoms with Gasteiger partial charge in [0.25, 0.3) is 0 Å². The molecule has 2 aromatic rings. The summed E-state index contributed by atoms with van der Waals surface area (Å²) in [5.74, 6) is 1.35. The quantitative estimate of drug-likeness (QED) is 0.369. The van der Waals surface area contributed by atoms with Gasteiger partial charge in [0.05, 0.1) is 0 Å². The van der Waals surface area contributed by atoms with E-state index in [2.05, 4.69) is 0 Å². The molecule has 2 aromatic carbocycles. The molecule has 0 fully saturated rings. The van der Waals surface area contributed by atoms with Crippen LogP contribution in [0.25, 0.3) is 0 Å². The topological polar surface area (TPSA) is 145 Å². The van der Waals surface area contributed by atoms with Crippen LogP contribution in [0, 0.1) is 0 Å². The predicted octanol–water partition coefficient (Wildman–Crippen LogP) is 0.922. The van der Waals surface area contributed by atoms with E-state index in [1.165, 1.54) is 0 Å². The third-order valence-corrected chi connectivity index (χ3v) is 2.17. The second-order valence-electron chi connectivity index (χ2n) is 4.00. The summed E-state index contributed by atoms with van der Waals surface area (Å²) < 4.78 is 42.4. The Labute approximate surface area is 128 Å². The molecule has 6 N–H and O–H groups in total. The molecule has 0 saturated heterocycles. The first kappa shape index (κ1) is 17.6. The Bertz CT molecular complexity index is 657. The zero-order valence-electron chi connectivity index (χ0n) is 11.4. The summed E-state index contributed by atoms with van der Waals surface area (Å²) >= 11 is 0. The maximum atomic E-state index is 8.74. The molecule has 0 atom stereocenters. The smallest absolute Gasteiger partial charge is 0.528 e. The first-order valence-corrected chi connectivity index (χ1v) is 7.30. The fraction of sp³-hybridized carbons (Fsp3) is 0. The highest BCUT2D eigenvalue weighted by atomic mass is 32.3. The van der Waals surface area contributed by atoms with Crippen molar-refractivity contribution < 1.29 is 26.8 Å². The first-order valence-electron chi connectivity index (χ1n) is 5.90. The van der Waals surface area contributed by atoms with Gasteiger partial charge in [0.1, 0.15) is 11.5 Å². The average molecular weight is 326 g/mol. The summed E-state index contributed by atoms with van der Waals surface area (Å²) in [5.41, 5.74) is 12.6. The van der Waals surface area contributed by atoms with Crippen molar-refractivity contribution in [3.8, 4) is 11.5 Å². The lowest BCUT2D eigenvalue weighted by atomic mass is 10.2. The van der Waals surface area contributed by atoms with Crippen molar-refractivity contribution in [1.29, 1.82) is 0 Å². The van der Waals surface area contributed by atoms with E-state index in [1.54, 1.807) is 24.3 Å². The molecule has 0 unspecified atom stereocenters. The largest absolute Gasteiger partial charge is 0.576 e. The van der Waals surface area contributed by atoms with Gasteiger partial charge >= 0.3 is 18.1 Å². The van der Waals surface area contributed by atoms with Crippen LogP contribution >= 0.6 is 0 Å². The van der Waals surface area contributed by atoms with Crippen molar-refractivity contribution in [2.45, 2.75) is 0 Å². The molecule has 22 heavy (non-hydrogen) atoms. The normalized spacial score (nSPS) is 10.1. The molecule has 0 saturated carbocycles. The van der Waals surface area contributed by atoms with E-state index < -0.39 is 10.4 Å². The standard InChI is InChI=1S/C12H13BN2O2.H2O4S/c14-9-3-1-5-11(7-9)16-13-17-12-6-2-4-10(15)8-12;1-5(2,3)4/h1-8,13H,14-15H2;(H2,1,2,3,4). The van der Waals surface area contributed by atoms with E-state index in [0.29, 0.717) is 22.9 Å². The summed E-state index contributed by atoms with van der Waals surface area (Å²) in [4.78, 5) is 0. The molecule has 118 valence electrons. The van der Waals surface area contributed by atoms with Gasteiger partial charge in [-0.15, -0.1) is 0 Å². The van der Waals surface area contributed by atoms with E-state index in [9.17, 15) is 0 Å². The predicted molar refractivity (Wildman–Crippen MR) is 84.3 cm³/mol. The van der Waals surface area contributed by atoms with Crippen LogP contribution in [-0.2, 0) is 10.4 Å². The van der Waals surface area contributed by atoms with Gasteiger partial charge in [-0.05, 0) is 24.3 Å². The van der Waals surface area contributed by atoms with Gasteiger partial charge in [-0.2, -0.15) is 8.42 Å². The van der Waals surface area contributed by atoms with Crippen molar-refractivity contribution in [1.82, 2.24) is 0 Å². The van der Waals surface area contributed by atoms with E-state index in [4.69, 9.17) is 38.3 Å². The zero-order chi connectivity index (χ0) is 16.6. The molecule has 0 aliphatic carbocycles. The number of nitrogens with two attached hydrogens (primary N) is 2. The maximum Gasteiger partial charge on any atom is 0.576 e. The maximum absolute atomic E-state index is 8.74. The van der Waals surface area contributed by atoms with Gasteiger partial charge in [0, 0.05) is 23.5 Å². The first-order chi connectivity index (χ1) is 10.2. The van der Waals surface area contributed by atoms with Crippen LogP contribution in [0.2, 0.25) is 0 Å². The van der Waals surface area contributed by atoms with E-state index in [-0.39, 0.29) is 7.69 Å².